The standard InChI is InChI=1S/C11H19N5O2S/c1-7-5-16(6-8(2)18-7)10(17)9(3)19-11-12-13-14-15(11)4/h7-9H,5-6H2,1-4H3/t7-,8+,9-/m0/s1. The van der Waals surface area contributed by atoms with E-state index in [1.54, 1.807) is 11.7 Å². The number of carbonyl (C=O) groups is 1. The highest BCUT2D eigenvalue weighted by molar-refractivity contribution is 8.00. The number of ether oxygens (including phenoxy) is 1. The molecule has 7 nitrogen and oxygen atoms in total. The van der Waals surface area contributed by atoms with Crippen molar-refractivity contribution in [2.75, 3.05) is 13.1 Å². The van der Waals surface area contributed by atoms with Crippen molar-refractivity contribution >= 4 is 17.7 Å². The average Bonchev–Trinajstić information content (AvgIpc) is 2.72. The number of tetrazole rings is 1. The number of aromatic nitrogens is 4. The van der Waals surface area contributed by atoms with Crippen molar-refractivity contribution in [3.63, 3.8) is 0 Å². The number of carbonyl (C=O) groups excluding carboxylic acids is 1. The highest BCUT2D eigenvalue weighted by Gasteiger charge is 2.29. The second-order valence-corrected chi connectivity index (χ2v) is 6.15. The molecule has 8 heteroatoms. The van der Waals surface area contributed by atoms with E-state index in [-0.39, 0.29) is 23.4 Å². The lowest BCUT2D eigenvalue weighted by Crippen LogP contribution is -2.50. The van der Waals surface area contributed by atoms with Crippen LogP contribution in [0.25, 0.3) is 0 Å². The van der Waals surface area contributed by atoms with Crippen LogP contribution in [-0.4, -0.2) is 61.6 Å². The number of hydrogen-bond donors (Lipinski definition) is 0. The Bertz CT molecular complexity index is 442. The number of aryl methyl sites for hydroxylation is 1. The molecule has 106 valence electrons. The number of nitrogens with zero attached hydrogens (tertiary/aromatic N) is 5. The van der Waals surface area contributed by atoms with Crippen LogP contribution in [-0.2, 0) is 16.6 Å². The van der Waals surface area contributed by atoms with Gasteiger partial charge in [-0.3, -0.25) is 4.79 Å². The average molecular weight is 285 g/mol. The first-order chi connectivity index (χ1) is 8.97. The predicted octanol–water partition coefficient (Wildman–Crippen LogP) is 0.326. The monoisotopic (exact) mass is 285 g/mol. The zero-order valence-electron chi connectivity index (χ0n) is 11.6. The first kappa shape index (κ1) is 14.3. The van der Waals surface area contributed by atoms with Crippen LogP contribution in [0.2, 0.25) is 0 Å². The minimum absolute atomic E-state index is 0.0846. The van der Waals surface area contributed by atoms with Crippen molar-refractivity contribution in [3.8, 4) is 0 Å². The predicted molar refractivity (Wildman–Crippen MR) is 70.7 cm³/mol. The van der Waals surface area contributed by atoms with E-state index in [4.69, 9.17) is 4.74 Å². The summed E-state index contributed by atoms with van der Waals surface area (Å²) in [4.78, 5) is 14.3. The van der Waals surface area contributed by atoms with E-state index in [9.17, 15) is 4.79 Å². The fourth-order valence-corrected chi connectivity index (χ4v) is 2.98. The fraction of sp³-hybridized carbons (Fsp3) is 0.818. The molecule has 0 spiro atoms. The lowest BCUT2D eigenvalue weighted by molar-refractivity contribution is -0.142. The van der Waals surface area contributed by atoms with Gasteiger partial charge in [-0.15, -0.1) is 5.10 Å². The summed E-state index contributed by atoms with van der Waals surface area (Å²) in [6.07, 6.45) is 0.169. The largest absolute Gasteiger partial charge is 0.372 e. The summed E-state index contributed by atoms with van der Waals surface area (Å²) in [5, 5.41) is 11.6. The Labute approximate surface area is 116 Å². The molecular weight excluding hydrogens is 266 g/mol. The maximum absolute atomic E-state index is 12.4. The van der Waals surface area contributed by atoms with Crippen LogP contribution < -0.4 is 0 Å². The van der Waals surface area contributed by atoms with E-state index in [1.165, 1.54) is 11.8 Å². The lowest BCUT2D eigenvalue weighted by atomic mass is 10.2. The molecule has 1 fully saturated rings. The van der Waals surface area contributed by atoms with Gasteiger partial charge in [0.15, 0.2) is 0 Å². The Morgan fingerprint density at radius 3 is 2.58 bits per heavy atom. The van der Waals surface area contributed by atoms with Crippen molar-refractivity contribution in [2.24, 2.45) is 7.05 Å². The summed E-state index contributed by atoms with van der Waals surface area (Å²) in [7, 11) is 1.76. The van der Waals surface area contributed by atoms with Crippen molar-refractivity contribution < 1.29 is 9.53 Å². The molecule has 2 rings (SSSR count). The maximum Gasteiger partial charge on any atom is 0.236 e. The van der Waals surface area contributed by atoms with Crippen molar-refractivity contribution in [2.45, 2.75) is 43.4 Å². The number of amides is 1. The molecule has 0 saturated carbocycles. The van der Waals surface area contributed by atoms with Crippen molar-refractivity contribution in [1.82, 2.24) is 25.1 Å². The molecule has 1 aromatic rings. The van der Waals surface area contributed by atoms with Gasteiger partial charge in [0.05, 0.1) is 17.5 Å². The quantitative estimate of drug-likeness (QED) is 0.745. The van der Waals surface area contributed by atoms with Gasteiger partial charge in [-0.05, 0) is 31.2 Å². The Morgan fingerprint density at radius 2 is 2.05 bits per heavy atom. The summed E-state index contributed by atoms with van der Waals surface area (Å²) < 4.78 is 7.20. The molecule has 0 radical (unpaired) electrons. The maximum atomic E-state index is 12.4. The second kappa shape index (κ2) is 5.87. The van der Waals surface area contributed by atoms with E-state index in [0.717, 1.165) is 0 Å². The number of morpholine rings is 1. The van der Waals surface area contributed by atoms with Crippen LogP contribution in [0.4, 0.5) is 0 Å². The first-order valence-electron chi connectivity index (χ1n) is 6.30. The Morgan fingerprint density at radius 1 is 1.42 bits per heavy atom. The molecule has 19 heavy (non-hydrogen) atoms. The molecule has 1 aliphatic heterocycles. The van der Waals surface area contributed by atoms with Gasteiger partial charge in [0, 0.05) is 20.1 Å². The van der Waals surface area contributed by atoms with Gasteiger partial charge >= 0.3 is 0 Å². The second-order valence-electron chi connectivity index (χ2n) is 4.85. The molecule has 2 heterocycles. The highest BCUT2D eigenvalue weighted by Crippen LogP contribution is 2.22. The fourth-order valence-electron chi connectivity index (χ4n) is 2.14. The van der Waals surface area contributed by atoms with Gasteiger partial charge < -0.3 is 9.64 Å². The number of rotatable bonds is 3. The molecule has 0 N–H and O–H groups in total. The van der Waals surface area contributed by atoms with Crippen LogP contribution in [0.5, 0.6) is 0 Å². The summed E-state index contributed by atoms with van der Waals surface area (Å²) >= 11 is 1.38. The first-order valence-corrected chi connectivity index (χ1v) is 7.18. The van der Waals surface area contributed by atoms with Crippen LogP contribution in [0, 0.1) is 0 Å². The smallest absolute Gasteiger partial charge is 0.236 e. The van der Waals surface area contributed by atoms with Gasteiger partial charge in [-0.25, -0.2) is 4.68 Å². The van der Waals surface area contributed by atoms with Gasteiger partial charge in [0.2, 0.25) is 11.1 Å². The van der Waals surface area contributed by atoms with E-state index in [1.807, 2.05) is 25.7 Å². The zero-order chi connectivity index (χ0) is 14.0. The van der Waals surface area contributed by atoms with E-state index in [2.05, 4.69) is 15.5 Å². The topological polar surface area (TPSA) is 73.1 Å². The molecule has 0 bridgehead atoms. The number of hydrogen-bond acceptors (Lipinski definition) is 6. The highest BCUT2D eigenvalue weighted by atomic mass is 32.2. The summed E-state index contributed by atoms with van der Waals surface area (Å²) in [5.41, 5.74) is 0. The Balaban J connectivity index is 1.97. The summed E-state index contributed by atoms with van der Waals surface area (Å²) in [6.45, 7) is 7.14. The van der Waals surface area contributed by atoms with E-state index in [0.29, 0.717) is 18.2 Å². The number of thioether (sulfide) groups is 1. The Hall–Kier alpha value is -1.15. The molecule has 0 aromatic carbocycles. The normalized spacial score (nSPS) is 25.4. The van der Waals surface area contributed by atoms with E-state index >= 15 is 0 Å². The summed E-state index contributed by atoms with van der Waals surface area (Å²) in [6, 6.07) is 0. The minimum atomic E-state index is -0.206. The molecule has 0 aliphatic carbocycles. The molecule has 1 aromatic heterocycles. The van der Waals surface area contributed by atoms with Crippen LogP contribution >= 0.6 is 11.8 Å². The molecule has 1 amide bonds. The summed E-state index contributed by atoms with van der Waals surface area (Å²) in [5.74, 6) is 0.106. The van der Waals surface area contributed by atoms with Gasteiger partial charge in [-0.2, -0.15) is 0 Å². The van der Waals surface area contributed by atoms with Crippen LogP contribution in [0.1, 0.15) is 20.8 Å². The molecule has 1 aliphatic rings. The van der Waals surface area contributed by atoms with Gasteiger partial charge in [0.1, 0.15) is 0 Å². The third-order valence-corrected chi connectivity index (χ3v) is 4.05. The van der Waals surface area contributed by atoms with Crippen molar-refractivity contribution in [3.05, 3.63) is 0 Å². The molecular formula is C11H19N5O2S. The Kier molecular flexibility index (Phi) is 4.41. The minimum Gasteiger partial charge on any atom is -0.372 e. The van der Waals surface area contributed by atoms with Crippen LogP contribution in [0.15, 0.2) is 5.16 Å². The third-order valence-electron chi connectivity index (χ3n) is 2.94. The lowest BCUT2D eigenvalue weighted by Gasteiger charge is -2.36. The third kappa shape index (κ3) is 3.44. The van der Waals surface area contributed by atoms with Crippen LogP contribution in [0.3, 0.4) is 0 Å². The zero-order valence-corrected chi connectivity index (χ0v) is 12.4. The van der Waals surface area contributed by atoms with Gasteiger partial charge in [0.25, 0.3) is 0 Å². The van der Waals surface area contributed by atoms with E-state index < -0.39 is 0 Å². The van der Waals surface area contributed by atoms with Crippen molar-refractivity contribution in [1.29, 1.82) is 0 Å². The van der Waals surface area contributed by atoms with Gasteiger partial charge in [-0.1, -0.05) is 11.8 Å². The molecule has 0 unspecified atom stereocenters. The SMILES string of the molecule is C[C@@H]1CN(C(=O)[C@H](C)Sc2nnnn2C)C[C@H](C)O1. The molecule has 1 saturated heterocycles. The molecule has 3 atom stereocenters.